The van der Waals surface area contributed by atoms with Gasteiger partial charge < -0.3 is 15.4 Å². The maximum atomic E-state index is 12.4. The minimum atomic E-state index is -0.294. The van der Waals surface area contributed by atoms with Crippen LogP contribution < -0.4 is 10.5 Å². The number of hydrogen-bond donors (Lipinski definition) is 1. The van der Waals surface area contributed by atoms with E-state index in [9.17, 15) is 4.79 Å². The minimum absolute atomic E-state index is 0.157. The van der Waals surface area contributed by atoms with Gasteiger partial charge in [0, 0.05) is 7.05 Å². The van der Waals surface area contributed by atoms with Gasteiger partial charge in [0.15, 0.2) is 0 Å². The number of benzene rings is 1. The Bertz CT molecular complexity index is 474. The molecule has 1 atom stereocenters. The highest BCUT2D eigenvalue weighted by molar-refractivity contribution is 7.80. The number of carbonyl (C=O) groups excluding carboxylic acids is 1. The van der Waals surface area contributed by atoms with Crippen LogP contribution in [0.3, 0.4) is 0 Å². The van der Waals surface area contributed by atoms with Crippen molar-refractivity contribution in [2.45, 2.75) is 19.9 Å². The molecule has 5 heteroatoms. The number of methoxy groups -OCH3 is 1. The number of rotatable bonds is 4. The van der Waals surface area contributed by atoms with E-state index in [1.54, 1.807) is 33.2 Å². The van der Waals surface area contributed by atoms with Crippen LogP contribution in [-0.2, 0) is 0 Å². The van der Waals surface area contributed by atoms with Crippen molar-refractivity contribution in [3.8, 4) is 5.75 Å². The molecule has 1 aromatic rings. The number of nitrogens with zero attached hydrogens (tertiary/aromatic N) is 1. The first-order chi connectivity index (χ1) is 8.38. The molecule has 0 spiro atoms. The normalized spacial score (nSPS) is 11.8. The Morgan fingerprint density at radius 2 is 2.11 bits per heavy atom. The van der Waals surface area contributed by atoms with Gasteiger partial charge in [-0.1, -0.05) is 23.8 Å². The summed E-state index contributed by atoms with van der Waals surface area (Å²) < 4.78 is 5.20. The fourth-order valence-corrected chi connectivity index (χ4v) is 1.70. The molecule has 0 aliphatic rings. The van der Waals surface area contributed by atoms with Gasteiger partial charge in [-0.15, -0.1) is 0 Å². The standard InChI is InChI=1S/C13H18N2O2S/c1-8-5-6-11(17-4)10(7-8)13(16)15(3)9(2)12(14)18/h5-7,9H,1-4H3,(H2,14,18). The molecule has 0 fully saturated rings. The van der Waals surface area contributed by atoms with E-state index in [0.717, 1.165) is 5.56 Å². The van der Waals surface area contributed by atoms with Gasteiger partial charge in [0.05, 0.1) is 23.7 Å². The molecule has 0 radical (unpaired) electrons. The van der Waals surface area contributed by atoms with E-state index in [2.05, 4.69) is 0 Å². The molecule has 0 bridgehead atoms. The molecule has 0 aromatic heterocycles. The Morgan fingerprint density at radius 1 is 1.50 bits per heavy atom. The molecule has 0 heterocycles. The van der Waals surface area contributed by atoms with Gasteiger partial charge in [-0.05, 0) is 26.0 Å². The van der Waals surface area contributed by atoms with Crippen molar-refractivity contribution in [1.82, 2.24) is 4.90 Å². The van der Waals surface area contributed by atoms with Crippen molar-refractivity contribution in [3.63, 3.8) is 0 Å². The van der Waals surface area contributed by atoms with Crippen LogP contribution in [0.4, 0.5) is 0 Å². The van der Waals surface area contributed by atoms with Crippen LogP contribution in [0, 0.1) is 6.92 Å². The predicted molar refractivity (Wildman–Crippen MR) is 76.1 cm³/mol. The van der Waals surface area contributed by atoms with E-state index >= 15 is 0 Å². The van der Waals surface area contributed by atoms with Crippen molar-refractivity contribution in [2.75, 3.05) is 14.2 Å². The third-order valence-corrected chi connectivity index (χ3v) is 3.24. The Hall–Kier alpha value is -1.62. The monoisotopic (exact) mass is 266 g/mol. The van der Waals surface area contributed by atoms with Crippen LogP contribution >= 0.6 is 12.2 Å². The number of nitrogens with two attached hydrogens (primary N) is 1. The average molecular weight is 266 g/mol. The minimum Gasteiger partial charge on any atom is -0.496 e. The molecule has 1 rings (SSSR count). The first-order valence-corrected chi connectivity index (χ1v) is 6.00. The summed E-state index contributed by atoms with van der Waals surface area (Å²) in [6, 6.07) is 5.18. The smallest absolute Gasteiger partial charge is 0.257 e. The third-order valence-electron chi connectivity index (χ3n) is 2.90. The third kappa shape index (κ3) is 2.98. The van der Waals surface area contributed by atoms with Crippen LogP contribution in [0.1, 0.15) is 22.8 Å². The number of likely N-dealkylation sites (N-methyl/N-ethyl adjacent to an activating group) is 1. The lowest BCUT2D eigenvalue weighted by atomic mass is 10.1. The largest absolute Gasteiger partial charge is 0.496 e. The number of carbonyl (C=O) groups is 1. The van der Waals surface area contributed by atoms with Gasteiger partial charge >= 0.3 is 0 Å². The molecule has 1 aromatic carbocycles. The van der Waals surface area contributed by atoms with Crippen molar-refractivity contribution in [3.05, 3.63) is 29.3 Å². The first kappa shape index (κ1) is 14.4. The van der Waals surface area contributed by atoms with Gasteiger partial charge in [-0.3, -0.25) is 4.79 Å². The van der Waals surface area contributed by atoms with Crippen molar-refractivity contribution < 1.29 is 9.53 Å². The first-order valence-electron chi connectivity index (χ1n) is 5.59. The van der Waals surface area contributed by atoms with Crippen molar-refractivity contribution in [1.29, 1.82) is 0 Å². The molecule has 98 valence electrons. The van der Waals surface area contributed by atoms with Gasteiger partial charge in [0.25, 0.3) is 5.91 Å². The van der Waals surface area contributed by atoms with Crippen LogP contribution in [0.5, 0.6) is 5.75 Å². The molecule has 0 aliphatic carbocycles. The molecule has 1 unspecified atom stereocenters. The summed E-state index contributed by atoms with van der Waals surface area (Å²) in [4.78, 5) is 14.2. The Labute approximate surface area is 113 Å². The van der Waals surface area contributed by atoms with Gasteiger partial charge in [0.2, 0.25) is 0 Å². The molecule has 18 heavy (non-hydrogen) atoms. The highest BCUT2D eigenvalue weighted by Crippen LogP contribution is 2.21. The van der Waals surface area contributed by atoms with E-state index in [-0.39, 0.29) is 16.9 Å². The van der Waals surface area contributed by atoms with Gasteiger partial charge in [0.1, 0.15) is 5.75 Å². The zero-order valence-electron chi connectivity index (χ0n) is 11.1. The molecule has 0 saturated carbocycles. The molecule has 4 nitrogen and oxygen atoms in total. The summed E-state index contributed by atoms with van der Waals surface area (Å²) in [7, 11) is 3.21. The zero-order chi connectivity index (χ0) is 13.9. The second-order valence-electron chi connectivity index (χ2n) is 4.20. The van der Waals surface area contributed by atoms with Crippen LogP contribution in [0.15, 0.2) is 18.2 Å². The molecular weight excluding hydrogens is 248 g/mol. The number of thiocarbonyl (C=S) groups is 1. The average Bonchev–Trinajstić information content (AvgIpc) is 2.35. The maximum absolute atomic E-state index is 12.4. The Kier molecular flexibility index (Phi) is 4.67. The van der Waals surface area contributed by atoms with Crippen molar-refractivity contribution >= 4 is 23.1 Å². The summed E-state index contributed by atoms with van der Waals surface area (Å²) >= 11 is 4.90. The number of hydrogen-bond acceptors (Lipinski definition) is 3. The van der Waals surface area contributed by atoms with Crippen LogP contribution in [0.25, 0.3) is 0 Å². The molecule has 0 saturated heterocycles. The zero-order valence-corrected chi connectivity index (χ0v) is 11.9. The summed E-state index contributed by atoms with van der Waals surface area (Å²) in [5.41, 5.74) is 7.07. The summed E-state index contributed by atoms with van der Waals surface area (Å²) in [5, 5.41) is 0. The highest BCUT2D eigenvalue weighted by atomic mass is 32.1. The summed E-state index contributed by atoms with van der Waals surface area (Å²) in [5.74, 6) is 0.392. The van der Waals surface area contributed by atoms with E-state index in [4.69, 9.17) is 22.7 Å². The van der Waals surface area contributed by atoms with E-state index in [1.165, 1.54) is 4.90 Å². The molecule has 2 N–H and O–H groups in total. The van der Waals surface area contributed by atoms with Crippen LogP contribution in [0.2, 0.25) is 0 Å². The predicted octanol–water partition coefficient (Wildman–Crippen LogP) is 1.75. The molecule has 0 aliphatic heterocycles. The summed E-state index contributed by atoms with van der Waals surface area (Å²) in [6.45, 7) is 3.72. The highest BCUT2D eigenvalue weighted by Gasteiger charge is 2.22. The SMILES string of the molecule is COc1ccc(C)cc1C(=O)N(C)C(C)C(N)=S. The fourth-order valence-electron chi connectivity index (χ4n) is 1.55. The topological polar surface area (TPSA) is 55.6 Å². The Balaban J connectivity index is 3.10. The summed E-state index contributed by atoms with van der Waals surface area (Å²) in [6.07, 6.45) is 0. The van der Waals surface area contributed by atoms with Crippen molar-refractivity contribution in [2.24, 2.45) is 5.73 Å². The molecular formula is C13H18N2O2S. The second kappa shape index (κ2) is 5.82. The maximum Gasteiger partial charge on any atom is 0.257 e. The van der Waals surface area contributed by atoms with E-state index in [1.807, 2.05) is 13.0 Å². The second-order valence-corrected chi connectivity index (χ2v) is 4.67. The van der Waals surface area contributed by atoms with E-state index < -0.39 is 0 Å². The number of ether oxygens (including phenoxy) is 1. The number of amides is 1. The molecule has 1 amide bonds. The van der Waals surface area contributed by atoms with E-state index in [0.29, 0.717) is 11.3 Å². The Morgan fingerprint density at radius 3 is 2.61 bits per heavy atom. The lowest BCUT2D eigenvalue weighted by Gasteiger charge is -2.24. The van der Waals surface area contributed by atoms with Crippen LogP contribution in [-0.4, -0.2) is 36.0 Å². The number of aryl methyl sites for hydroxylation is 1. The quantitative estimate of drug-likeness (QED) is 0.844. The lowest BCUT2D eigenvalue weighted by Crippen LogP contribution is -2.42. The lowest BCUT2D eigenvalue weighted by molar-refractivity contribution is 0.0775. The van der Waals surface area contributed by atoms with Gasteiger partial charge in [-0.2, -0.15) is 0 Å². The van der Waals surface area contributed by atoms with Gasteiger partial charge in [-0.25, -0.2) is 0 Å². The fraction of sp³-hybridized carbons (Fsp3) is 0.385.